The molecule has 1 heterocycles. The van der Waals surface area contributed by atoms with E-state index < -0.39 is 5.60 Å². The number of carbonyl (C=O) groups is 1. The summed E-state index contributed by atoms with van der Waals surface area (Å²) in [5.74, 6) is 0. The molecule has 0 saturated carbocycles. The van der Waals surface area contributed by atoms with Crippen molar-refractivity contribution >= 4 is 6.03 Å². The zero-order valence-electron chi connectivity index (χ0n) is 10.3. The number of nitrogens with zero attached hydrogens (tertiary/aromatic N) is 1. The number of aromatic nitrogens is 2. The molecule has 0 bridgehead atoms. The van der Waals surface area contributed by atoms with Crippen LogP contribution in [-0.2, 0) is 6.54 Å². The highest BCUT2D eigenvalue weighted by Gasteiger charge is 2.22. The maximum Gasteiger partial charge on any atom is 0.315 e. The lowest BCUT2D eigenvalue weighted by molar-refractivity contribution is 0.0349. The Kier molecular flexibility index (Phi) is 4.96. The molecule has 96 valence electrons. The minimum atomic E-state index is -0.814. The van der Waals surface area contributed by atoms with E-state index in [9.17, 15) is 9.90 Å². The van der Waals surface area contributed by atoms with Crippen molar-refractivity contribution in [3.05, 3.63) is 18.0 Å². The van der Waals surface area contributed by atoms with E-state index in [0.29, 0.717) is 19.4 Å². The summed E-state index contributed by atoms with van der Waals surface area (Å²) in [4.78, 5) is 11.4. The number of H-pyrrole nitrogens is 1. The molecule has 6 nitrogen and oxygen atoms in total. The van der Waals surface area contributed by atoms with Crippen LogP contribution in [0.15, 0.2) is 12.3 Å². The fourth-order valence-electron chi connectivity index (χ4n) is 1.37. The summed E-state index contributed by atoms with van der Waals surface area (Å²) in [5.41, 5.74) is 0.0205. The highest BCUT2D eigenvalue weighted by molar-refractivity contribution is 5.73. The lowest BCUT2D eigenvalue weighted by Gasteiger charge is -2.25. The van der Waals surface area contributed by atoms with E-state index in [2.05, 4.69) is 20.8 Å². The SMILES string of the molecule is CCC(O)(CC)CNC(=O)NCc1ccn[nH]1. The number of carbonyl (C=O) groups excluding carboxylic acids is 1. The Morgan fingerprint density at radius 3 is 2.71 bits per heavy atom. The molecular weight excluding hydrogens is 220 g/mol. The summed E-state index contributed by atoms with van der Waals surface area (Å²) in [6, 6.07) is 1.49. The van der Waals surface area contributed by atoms with Crippen molar-refractivity contribution in [3.63, 3.8) is 0 Å². The minimum absolute atomic E-state index is 0.259. The Balaban J connectivity index is 2.26. The van der Waals surface area contributed by atoms with Crippen molar-refractivity contribution < 1.29 is 9.90 Å². The Bertz CT molecular complexity index is 333. The smallest absolute Gasteiger partial charge is 0.315 e. The Labute approximate surface area is 101 Å². The third-order valence-electron chi connectivity index (χ3n) is 2.89. The number of rotatable bonds is 6. The number of hydrogen-bond donors (Lipinski definition) is 4. The number of amides is 2. The molecule has 0 unspecified atom stereocenters. The van der Waals surface area contributed by atoms with Crippen molar-refractivity contribution in [1.82, 2.24) is 20.8 Å². The van der Waals surface area contributed by atoms with Crippen LogP contribution in [0.1, 0.15) is 32.4 Å². The Hall–Kier alpha value is -1.56. The summed E-state index contributed by atoms with van der Waals surface area (Å²) in [5, 5.41) is 21.8. The lowest BCUT2D eigenvalue weighted by atomic mass is 9.98. The fraction of sp³-hybridized carbons (Fsp3) is 0.636. The van der Waals surface area contributed by atoms with E-state index in [0.717, 1.165) is 5.69 Å². The van der Waals surface area contributed by atoms with Gasteiger partial charge in [0, 0.05) is 12.7 Å². The molecule has 0 aliphatic rings. The first kappa shape index (κ1) is 13.5. The highest BCUT2D eigenvalue weighted by Crippen LogP contribution is 2.12. The van der Waals surface area contributed by atoms with Gasteiger partial charge in [0.15, 0.2) is 0 Å². The average molecular weight is 240 g/mol. The normalized spacial score (nSPS) is 11.2. The van der Waals surface area contributed by atoms with Gasteiger partial charge in [-0.05, 0) is 18.9 Å². The summed E-state index contributed by atoms with van der Waals surface area (Å²) in [6.45, 7) is 4.44. The quantitative estimate of drug-likeness (QED) is 0.591. The Morgan fingerprint density at radius 1 is 1.47 bits per heavy atom. The van der Waals surface area contributed by atoms with Gasteiger partial charge >= 0.3 is 6.03 Å². The van der Waals surface area contributed by atoms with E-state index in [-0.39, 0.29) is 12.6 Å². The van der Waals surface area contributed by atoms with Crippen LogP contribution in [0.25, 0.3) is 0 Å². The van der Waals surface area contributed by atoms with Gasteiger partial charge in [0.2, 0.25) is 0 Å². The maximum absolute atomic E-state index is 11.4. The van der Waals surface area contributed by atoms with Crippen molar-refractivity contribution in [3.8, 4) is 0 Å². The molecule has 0 aliphatic heterocycles. The number of nitrogens with one attached hydrogen (secondary N) is 3. The van der Waals surface area contributed by atoms with E-state index in [1.165, 1.54) is 0 Å². The number of hydrogen-bond acceptors (Lipinski definition) is 3. The molecule has 0 fully saturated rings. The largest absolute Gasteiger partial charge is 0.388 e. The molecule has 1 aromatic heterocycles. The van der Waals surface area contributed by atoms with Gasteiger partial charge in [-0.1, -0.05) is 13.8 Å². The van der Waals surface area contributed by atoms with Crippen molar-refractivity contribution in [2.24, 2.45) is 0 Å². The molecule has 17 heavy (non-hydrogen) atoms. The van der Waals surface area contributed by atoms with Crippen LogP contribution in [0.4, 0.5) is 4.79 Å². The van der Waals surface area contributed by atoms with Crippen molar-refractivity contribution in [2.75, 3.05) is 6.54 Å². The molecule has 0 spiro atoms. The molecule has 0 radical (unpaired) electrons. The van der Waals surface area contributed by atoms with E-state index in [4.69, 9.17) is 0 Å². The maximum atomic E-state index is 11.4. The zero-order valence-corrected chi connectivity index (χ0v) is 10.3. The predicted octanol–water partition coefficient (Wildman–Crippen LogP) is 0.760. The summed E-state index contributed by atoms with van der Waals surface area (Å²) in [6.07, 6.45) is 2.86. The number of aromatic amines is 1. The average Bonchev–Trinajstić information content (AvgIpc) is 2.86. The van der Waals surface area contributed by atoms with Crippen LogP contribution in [0.2, 0.25) is 0 Å². The van der Waals surface area contributed by atoms with Gasteiger partial charge in [0.1, 0.15) is 0 Å². The van der Waals surface area contributed by atoms with Gasteiger partial charge in [0.05, 0.1) is 17.8 Å². The van der Waals surface area contributed by atoms with Crippen molar-refractivity contribution in [1.29, 1.82) is 0 Å². The van der Waals surface area contributed by atoms with E-state index >= 15 is 0 Å². The van der Waals surface area contributed by atoms with Gasteiger partial charge in [-0.25, -0.2) is 4.79 Å². The third-order valence-corrected chi connectivity index (χ3v) is 2.89. The minimum Gasteiger partial charge on any atom is -0.388 e. The number of aliphatic hydroxyl groups is 1. The van der Waals surface area contributed by atoms with Crippen LogP contribution in [0.5, 0.6) is 0 Å². The van der Waals surface area contributed by atoms with Crippen molar-refractivity contribution in [2.45, 2.75) is 38.8 Å². The first-order valence-corrected chi connectivity index (χ1v) is 5.82. The molecule has 0 aromatic carbocycles. The summed E-state index contributed by atoms with van der Waals surface area (Å²) >= 11 is 0. The topological polar surface area (TPSA) is 90.0 Å². The predicted molar refractivity (Wildman–Crippen MR) is 64.4 cm³/mol. The first-order chi connectivity index (χ1) is 8.09. The standard InChI is InChI=1S/C11H20N4O2/c1-3-11(17,4-2)8-13-10(16)12-7-9-5-6-14-15-9/h5-6,17H,3-4,7-8H2,1-2H3,(H,14,15)(H2,12,13,16). The van der Waals surface area contributed by atoms with Crippen LogP contribution in [0, 0.1) is 0 Å². The van der Waals surface area contributed by atoms with Gasteiger partial charge in [-0.3, -0.25) is 5.10 Å². The molecule has 4 N–H and O–H groups in total. The van der Waals surface area contributed by atoms with Gasteiger partial charge < -0.3 is 15.7 Å². The van der Waals surface area contributed by atoms with Crippen LogP contribution >= 0.6 is 0 Å². The van der Waals surface area contributed by atoms with Crippen LogP contribution in [-0.4, -0.2) is 33.5 Å². The van der Waals surface area contributed by atoms with Gasteiger partial charge in [-0.15, -0.1) is 0 Å². The van der Waals surface area contributed by atoms with E-state index in [1.807, 2.05) is 13.8 Å². The fourth-order valence-corrected chi connectivity index (χ4v) is 1.37. The Morgan fingerprint density at radius 2 is 2.18 bits per heavy atom. The second-order valence-corrected chi connectivity index (χ2v) is 4.05. The first-order valence-electron chi connectivity index (χ1n) is 5.82. The second-order valence-electron chi connectivity index (χ2n) is 4.05. The molecule has 2 amide bonds. The molecule has 0 atom stereocenters. The second kappa shape index (κ2) is 6.24. The molecule has 0 aliphatic carbocycles. The summed E-state index contributed by atoms with van der Waals surface area (Å²) < 4.78 is 0. The zero-order chi connectivity index (χ0) is 12.7. The van der Waals surface area contributed by atoms with Crippen LogP contribution < -0.4 is 10.6 Å². The molecule has 1 rings (SSSR count). The summed E-state index contributed by atoms with van der Waals surface area (Å²) in [7, 11) is 0. The van der Waals surface area contributed by atoms with Gasteiger partial charge in [0.25, 0.3) is 0 Å². The number of urea groups is 1. The molecule has 6 heteroatoms. The molecular formula is C11H20N4O2. The monoisotopic (exact) mass is 240 g/mol. The van der Waals surface area contributed by atoms with E-state index in [1.54, 1.807) is 12.3 Å². The molecule has 0 saturated heterocycles. The van der Waals surface area contributed by atoms with Gasteiger partial charge in [-0.2, -0.15) is 5.10 Å². The molecule has 1 aromatic rings. The lowest BCUT2D eigenvalue weighted by Crippen LogP contribution is -2.45. The highest BCUT2D eigenvalue weighted by atomic mass is 16.3. The third kappa shape index (κ3) is 4.44. The van der Waals surface area contributed by atoms with Crippen LogP contribution in [0.3, 0.4) is 0 Å².